The van der Waals surface area contributed by atoms with Gasteiger partial charge >= 0.3 is 0 Å². The molecule has 0 saturated carbocycles. The molecule has 0 aliphatic carbocycles. The van der Waals surface area contributed by atoms with Crippen LogP contribution >= 0.6 is 0 Å². The lowest BCUT2D eigenvalue weighted by atomic mass is 9.96. The minimum atomic E-state index is -0.551. The second-order valence-corrected chi connectivity index (χ2v) is 9.10. The molecule has 6 nitrogen and oxygen atoms in total. The normalized spacial score (nSPS) is 11.7. The summed E-state index contributed by atoms with van der Waals surface area (Å²) < 4.78 is 0. The number of aryl methyl sites for hydroxylation is 2. The van der Waals surface area contributed by atoms with E-state index >= 15 is 0 Å². The van der Waals surface area contributed by atoms with Crippen molar-refractivity contribution in [3.05, 3.63) is 154 Å². The number of Topliss-reactive ketones (excluding diaryl/α,β-unsaturated/α-hetero) is 2. The van der Waals surface area contributed by atoms with Gasteiger partial charge in [-0.05, 0) is 38.1 Å². The molecule has 4 aromatic rings. The van der Waals surface area contributed by atoms with Gasteiger partial charge in [-0.1, -0.05) is 96.1 Å². The van der Waals surface area contributed by atoms with Crippen LogP contribution in [-0.4, -0.2) is 11.6 Å². The predicted octanol–water partition coefficient (Wildman–Crippen LogP) is 7.15. The monoisotopic (exact) mass is 522 g/mol. The molecule has 0 saturated heterocycles. The van der Waals surface area contributed by atoms with Crippen molar-refractivity contribution >= 4 is 22.9 Å². The van der Waals surface area contributed by atoms with E-state index in [1.54, 1.807) is 84.9 Å². The van der Waals surface area contributed by atoms with E-state index in [1.165, 1.54) is 0 Å². The highest BCUT2D eigenvalue weighted by atomic mass is 16.1. The third kappa shape index (κ3) is 6.39. The lowest BCUT2D eigenvalue weighted by molar-refractivity contribution is 0.102. The number of rotatable bonds is 9. The van der Waals surface area contributed by atoms with Gasteiger partial charge < -0.3 is 10.6 Å². The first-order valence-corrected chi connectivity index (χ1v) is 12.6. The van der Waals surface area contributed by atoms with Gasteiger partial charge in [-0.3, -0.25) is 9.59 Å². The summed E-state index contributed by atoms with van der Waals surface area (Å²) in [6, 6.07) is 35.6. The van der Waals surface area contributed by atoms with Crippen LogP contribution in [0.25, 0.3) is 0 Å². The third-order valence-corrected chi connectivity index (χ3v) is 6.14. The topological polar surface area (TPSA) is 106 Å². The van der Waals surface area contributed by atoms with Crippen molar-refractivity contribution in [2.45, 2.75) is 13.8 Å². The summed E-state index contributed by atoms with van der Waals surface area (Å²) in [6.45, 7) is 3.88. The van der Waals surface area contributed by atoms with Crippen LogP contribution in [0.4, 0.5) is 11.4 Å². The van der Waals surface area contributed by atoms with E-state index in [-0.39, 0.29) is 22.5 Å². The first-order valence-electron chi connectivity index (χ1n) is 12.6. The van der Waals surface area contributed by atoms with Crippen molar-refractivity contribution < 1.29 is 9.59 Å². The number of carbonyl (C=O) groups excluding carboxylic acids is 2. The first-order chi connectivity index (χ1) is 19.4. The molecule has 40 heavy (non-hydrogen) atoms. The maximum atomic E-state index is 13.7. The van der Waals surface area contributed by atoms with Crippen molar-refractivity contribution in [3.8, 4) is 12.1 Å². The van der Waals surface area contributed by atoms with Crippen molar-refractivity contribution in [2.24, 2.45) is 0 Å². The number of nitrogens with zero attached hydrogens (tertiary/aromatic N) is 2. The largest absolute Gasteiger partial charge is 0.353 e. The van der Waals surface area contributed by atoms with Crippen LogP contribution in [0, 0.1) is 36.5 Å². The van der Waals surface area contributed by atoms with Gasteiger partial charge in [-0.25, -0.2) is 0 Å². The van der Waals surface area contributed by atoms with Gasteiger partial charge in [0, 0.05) is 22.5 Å². The Hall–Kier alpha value is -5.72. The summed E-state index contributed by atoms with van der Waals surface area (Å²) in [6.07, 6.45) is 0. The van der Waals surface area contributed by atoms with Crippen LogP contribution in [0.2, 0.25) is 0 Å². The summed E-state index contributed by atoms with van der Waals surface area (Å²) >= 11 is 0. The second kappa shape index (κ2) is 12.7. The Bertz CT molecular complexity index is 1540. The lowest BCUT2D eigenvalue weighted by Crippen LogP contribution is -2.20. The number of nitriles is 2. The third-order valence-electron chi connectivity index (χ3n) is 6.14. The molecule has 4 aromatic carbocycles. The van der Waals surface area contributed by atoms with Gasteiger partial charge in [0.1, 0.15) is 23.3 Å². The molecule has 2 N–H and O–H groups in total. The van der Waals surface area contributed by atoms with E-state index in [0.717, 1.165) is 11.1 Å². The molecule has 0 atom stereocenters. The van der Waals surface area contributed by atoms with Gasteiger partial charge in [-0.15, -0.1) is 0 Å². The molecule has 0 aromatic heterocycles. The van der Waals surface area contributed by atoms with Crippen LogP contribution < -0.4 is 10.6 Å². The summed E-state index contributed by atoms with van der Waals surface area (Å²) in [7, 11) is 0. The fraction of sp³-hybridized carbons (Fsp3) is 0.0588. The van der Waals surface area contributed by atoms with Gasteiger partial charge in [-0.2, -0.15) is 10.5 Å². The number of carbonyl (C=O) groups is 2. The summed E-state index contributed by atoms with van der Waals surface area (Å²) in [5, 5.41) is 27.0. The SMILES string of the molecule is Cc1ccc(NC(=C(/C#N)C(=O)c2ccccc2)/C(Nc2ccc(C)cc2)=C(\C#N)C(=O)c2ccccc2)cc1. The van der Waals surface area contributed by atoms with Crippen LogP contribution in [0.15, 0.2) is 132 Å². The predicted molar refractivity (Wildman–Crippen MR) is 156 cm³/mol. The molecule has 0 radical (unpaired) electrons. The number of hydrogen-bond acceptors (Lipinski definition) is 6. The number of nitrogens with one attached hydrogen (secondary N) is 2. The molecule has 0 aliphatic heterocycles. The van der Waals surface area contributed by atoms with Gasteiger partial charge in [0.25, 0.3) is 0 Å². The molecular weight excluding hydrogens is 496 g/mol. The molecule has 4 rings (SSSR count). The average Bonchev–Trinajstić information content (AvgIpc) is 2.99. The first kappa shape index (κ1) is 27.3. The summed E-state index contributed by atoms with van der Waals surface area (Å²) in [4.78, 5) is 27.4. The zero-order chi connectivity index (χ0) is 28.5. The molecule has 0 heterocycles. The maximum Gasteiger partial charge on any atom is 0.205 e. The quantitative estimate of drug-likeness (QED) is 0.105. The van der Waals surface area contributed by atoms with E-state index in [9.17, 15) is 20.1 Å². The highest BCUT2D eigenvalue weighted by Crippen LogP contribution is 2.28. The molecule has 0 fully saturated rings. The second-order valence-electron chi connectivity index (χ2n) is 9.10. The van der Waals surface area contributed by atoms with E-state index in [4.69, 9.17) is 0 Å². The highest BCUT2D eigenvalue weighted by Gasteiger charge is 2.26. The number of anilines is 2. The fourth-order valence-electron chi connectivity index (χ4n) is 3.97. The summed E-state index contributed by atoms with van der Waals surface area (Å²) in [5.41, 5.74) is 3.29. The summed E-state index contributed by atoms with van der Waals surface area (Å²) in [5.74, 6) is -1.10. The zero-order valence-corrected chi connectivity index (χ0v) is 22.1. The molecule has 194 valence electrons. The Morgan fingerprint density at radius 3 is 1.15 bits per heavy atom. The Labute approximate surface area is 233 Å². The van der Waals surface area contributed by atoms with E-state index in [2.05, 4.69) is 10.6 Å². The van der Waals surface area contributed by atoms with Gasteiger partial charge in [0.15, 0.2) is 0 Å². The molecular formula is C34H26N4O2. The standard InChI is InChI=1S/C34H26N4O2/c1-23-13-17-27(18-14-23)37-31(29(21-35)33(39)25-9-5-3-6-10-25)32(38-28-19-15-24(2)16-20-28)30(22-36)34(40)26-11-7-4-8-12-26/h3-20,37-38H,1-2H3/b31-29-,32-30-. The highest BCUT2D eigenvalue weighted by molar-refractivity contribution is 6.15. The minimum Gasteiger partial charge on any atom is -0.353 e. The van der Waals surface area contributed by atoms with E-state index in [0.29, 0.717) is 22.5 Å². The molecule has 0 unspecified atom stereocenters. The number of ketones is 2. The molecule has 0 spiro atoms. The molecule has 0 bridgehead atoms. The smallest absolute Gasteiger partial charge is 0.205 e. The Kier molecular flexibility index (Phi) is 8.67. The van der Waals surface area contributed by atoms with Crippen LogP contribution in [0.5, 0.6) is 0 Å². The van der Waals surface area contributed by atoms with Gasteiger partial charge in [0.2, 0.25) is 11.6 Å². The van der Waals surface area contributed by atoms with E-state index in [1.807, 2.05) is 50.3 Å². The van der Waals surface area contributed by atoms with Crippen LogP contribution in [-0.2, 0) is 0 Å². The van der Waals surface area contributed by atoms with Crippen LogP contribution in [0.1, 0.15) is 31.8 Å². The molecule has 0 amide bonds. The van der Waals surface area contributed by atoms with Crippen molar-refractivity contribution in [3.63, 3.8) is 0 Å². The molecule has 0 aliphatic rings. The number of hydrogen-bond donors (Lipinski definition) is 2. The maximum absolute atomic E-state index is 13.7. The fourth-order valence-corrected chi connectivity index (χ4v) is 3.97. The zero-order valence-electron chi connectivity index (χ0n) is 22.1. The minimum absolute atomic E-state index is 0.0154. The Morgan fingerprint density at radius 2 is 0.850 bits per heavy atom. The number of benzene rings is 4. The average molecular weight is 523 g/mol. The lowest BCUT2D eigenvalue weighted by Gasteiger charge is -2.20. The van der Waals surface area contributed by atoms with Crippen molar-refractivity contribution in [2.75, 3.05) is 10.6 Å². The molecule has 6 heteroatoms. The van der Waals surface area contributed by atoms with Crippen molar-refractivity contribution in [1.29, 1.82) is 10.5 Å². The van der Waals surface area contributed by atoms with E-state index < -0.39 is 11.6 Å². The van der Waals surface area contributed by atoms with Gasteiger partial charge in [0.05, 0.1) is 11.4 Å². The van der Waals surface area contributed by atoms with Crippen molar-refractivity contribution in [1.82, 2.24) is 0 Å². The van der Waals surface area contributed by atoms with Crippen LogP contribution in [0.3, 0.4) is 0 Å². The Balaban J connectivity index is 2.01. The number of allylic oxidation sites excluding steroid dienone is 2. The Morgan fingerprint density at radius 1 is 0.525 bits per heavy atom.